The topological polar surface area (TPSA) is 56.3 Å². The molecule has 0 bridgehead atoms. The lowest BCUT2D eigenvalue weighted by molar-refractivity contribution is -0.134. The molecular formula is C18H28N4O3. The van der Waals surface area contributed by atoms with Crippen molar-refractivity contribution in [3.8, 4) is 5.75 Å². The van der Waals surface area contributed by atoms with Gasteiger partial charge in [-0.15, -0.1) is 0 Å². The van der Waals surface area contributed by atoms with E-state index in [4.69, 9.17) is 4.74 Å². The zero-order chi connectivity index (χ0) is 18.4. The van der Waals surface area contributed by atoms with Crippen molar-refractivity contribution in [2.45, 2.75) is 0 Å². The quantitative estimate of drug-likeness (QED) is 0.743. The SMILES string of the molecule is COc1ccccc1N1CCN(C(=O)CN(C)CC(=O)N(C)C)CC1. The first-order chi connectivity index (χ1) is 11.9. The van der Waals surface area contributed by atoms with E-state index < -0.39 is 0 Å². The molecule has 2 amide bonds. The van der Waals surface area contributed by atoms with Crippen molar-refractivity contribution in [3.63, 3.8) is 0 Å². The van der Waals surface area contributed by atoms with Gasteiger partial charge in [-0.25, -0.2) is 0 Å². The number of nitrogens with zero attached hydrogens (tertiary/aromatic N) is 4. The van der Waals surface area contributed by atoms with Gasteiger partial charge in [-0.3, -0.25) is 14.5 Å². The maximum atomic E-state index is 12.4. The fraction of sp³-hybridized carbons (Fsp3) is 0.556. The molecule has 1 aromatic rings. The van der Waals surface area contributed by atoms with Crippen molar-refractivity contribution >= 4 is 17.5 Å². The van der Waals surface area contributed by atoms with Gasteiger partial charge in [0.2, 0.25) is 11.8 Å². The Morgan fingerprint density at radius 3 is 2.28 bits per heavy atom. The lowest BCUT2D eigenvalue weighted by atomic mass is 10.2. The first kappa shape index (κ1) is 19.1. The largest absolute Gasteiger partial charge is 0.495 e. The Labute approximate surface area is 149 Å². The predicted octanol–water partition coefficient (Wildman–Crippen LogP) is 0.364. The molecule has 0 spiro atoms. The fourth-order valence-corrected chi connectivity index (χ4v) is 2.85. The van der Waals surface area contributed by atoms with Crippen LogP contribution in [0.3, 0.4) is 0 Å². The Morgan fingerprint density at radius 2 is 1.68 bits per heavy atom. The molecule has 2 rings (SSSR count). The van der Waals surface area contributed by atoms with Crippen molar-refractivity contribution in [2.24, 2.45) is 0 Å². The summed E-state index contributed by atoms with van der Waals surface area (Å²) in [7, 11) is 6.90. The molecule has 138 valence electrons. The highest BCUT2D eigenvalue weighted by Gasteiger charge is 2.24. The predicted molar refractivity (Wildman–Crippen MR) is 98.0 cm³/mol. The molecule has 0 radical (unpaired) electrons. The number of para-hydroxylation sites is 2. The number of likely N-dealkylation sites (N-methyl/N-ethyl adjacent to an activating group) is 2. The van der Waals surface area contributed by atoms with E-state index in [0.29, 0.717) is 13.1 Å². The van der Waals surface area contributed by atoms with Crippen LogP contribution in [0, 0.1) is 0 Å². The van der Waals surface area contributed by atoms with Gasteiger partial charge in [0.05, 0.1) is 25.9 Å². The number of hydrogen-bond acceptors (Lipinski definition) is 5. The van der Waals surface area contributed by atoms with Crippen LogP contribution >= 0.6 is 0 Å². The summed E-state index contributed by atoms with van der Waals surface area (Å²) in [6.07, 6.45) is 0. The van der Waals surface area contributed by atoms with Crippen LogP contribution in [0.1, 0.15) is 0 Å². The van der Waals surface area contributed by atoms with E-state index in [1.54, 1.807) is 33.2 Å². The normalized spacial score (nSPS) is 14.6. The number of carbonyl (C=O) groups excluding carboxylic acids is 2. The number of amides is 2. The number of piperazine rings is 1. The molecule has 0 saturated carbocycles. The molecule has 0 unspecified atom stereocenters. The molecule has 25 heavy (non-hydrogen) atoms. The molecular weight excluding hydrogens is 320 g/mol. The van der Waals surface area contributed by atoms with E-state index in [0.717, 1.165) is 24.5 Å². The fourth-order valence-electron chi connectivity index (χ4n) is 2.85. The van der Waals surface area contributed by atoms with Crippen LogP contribution in [0.15, 0.2) is 24.3 Å². The van der Waals surface area contributed by atoms with Gasteiger partial charge in [0.1, 0.15) is 5.75 Å². The lowest BCUT2D eigenvalue weighted by Gasteiger charge is -2.37. The van der Waals surface area contributed by atoms with Crippen molar-refractivity contribution in [1.29, 1.82) is 0 Å². The summed E-state index contributed by atoms with van der Waals surface area (Å²) < 4.78 is 5.42. The molecule has 1 aliphatic rings. The van der Waals surface area contributed by atoms with Gasteiger partial charge in [-0.2, -0.15) is 0 Å². The molecule has 1 saturated heterocycles. The number of rotatable bonds is 6. The van der Waals surface area contributed by atoms with E-state index in [2.05, 4.69) is 4.90 Å². The van der Waals surface area contributed by atoms with Gasteiger partial charge < -0.3 is 19.4 Å². The molecule has 0 aliphatic carbocycles. The summed E-state index contributed by atoms with van der Waals surface area (Å²) in [5.41, 5.74) is 1.06. The van der Waals surface area contributed by atoms with Gasteiger partial charge in [-0.1, -0.05) is 12.1 Å². The Kier molecular flexibility index (Phi) is 6.64. The van der Waals surface area contributed by atoms with Crippen LogP contribution in [0.4, 0.5) is 5.69 Å². The minimum absolute atomic E-state index is 0.00343. The maximum absolute atomic E-state index is 12.4. The third-order valence-electron chi connectivity index (χ3n) is 4.37. The van der Waals surface area contributed by atoms with Crippen molar-refractivity contribution in [2.75, 3.05) is 72.4 Å². The van der Waals surface area contributed by atoms with Gasteiger partial charge >= 0.3 is 0 Å². The monoisotopic (exact) mass is 348 g/mol. The Balaban J connectivity index is 1.85. The number of ether oxygens (including phenoxy) is 1. The first-order valence-electron chi connectivity index (χ1n) is 8.46. The van der Waals surface area contributed by atoms with E-state index in [9.17, 15) is 9.59 Å². The molecule has 1 aromatic carbocycles. The van der Waals surface area contributed by atoms with E-state index in [1.807, 2.05) is 29.2 Å². The second-order valence-electron chi connectivity index (χ2n) is 6.50. The molecule has 1 aliphatic heterocycles. The third-order valence-corrected chi connectivity index (χ3v) is 4.37. The van der Waals surface area contributed by atoms with Gasteiger partial charge in [0, 0.05) is 40.3 Å². The third kappa shape index (κ3) is 5.09. The highest BCUT2D eigenvalue weighted by molar-refractivity contribution is 5.81. The first-order valence-corrected chi connectivity index (χ1v) is 8.46. The summed E-state index contributed by atoms with van der Waals surface area (Å²) in [4.78, 5) is 31.6. The number of methoxy groups -OCH3 is 1. The zero-order valence-corrected chi connectivity index (χ0v) is 15.6. The van der Waals surface area contributed by atoms with Gasteiger partial charge in [0.15, 0.2) is 0 Å². The van der Waals surface area contributed by atoms with E-state index in [1.165, 1.54) is 4.90 Å². The second kappa shape index (κ2) is 8.71. The molecule has 1 fully saturated rings. The summed E-state index contributed by atoms with van der Waals surface area (Å²) in [5, 5.41) is 0. The average molecular weight is 348 g/mol. The summed E-state index contributed by atoms with van der Waals surface area (Å²) in [6, 6.07) is 7.93. The number of hydrogen-bond donors (Lipinski definition) is 0. The number of anilines is 1. The average Bonchev–Trinajstić information content (AvgIpc) is 2.61. The van der Waals surface area contributed by atoms with Crippen LogP contribution in [-0.2, 0) is 9.59 Å². The summed E-state index contributed by atoms with van der Waals surface area (Å²) >= 11 is 0. The summed E-state index contributed by atoms with van der Waals surface area (Å²) in [5.74, 6) is 0.911. The highest BCUT2D eigenvalue weighted by Crippen LogP contribution is 2.28. The summed E-state index contributed by atoms with van der Waals surface area (Å²) in [6.45, 7) is 3.39. The van der Waals surface area contributed by atoms with Crippen LogP contribution in [0.25, 0.3) is 0 Å². The molecule has 0 N–H and O–H groups in total. The Bertz CT molecular complexity index is 598. The molecule has 1 heterocycles. The maximum Gasteiger partial charge on any atom is 0.236 e. The molecule has 7 heteroatoms. The van der Waals surface area contributed by atoms with Gasteiger partial charge in [-0.05, 0) is 19.2 Å². The van der Waals surface area contributed by atoms with Crippen LogP contribution in [0.2, 0.25) is 0 Å². The van der Waals surface area contributed by atoms with E-state index >= 15 is 0 Å². The highest BCUT2D eigenvalue weighted by atomic mass is 16.5. The van der Waals surface area contributed by atoms with Gasteiger partial charge in [0.25, 0.3) is 0 Å². The lowest BCUT2D eigenvalue weighted by Crippen LogP contribution is -2.51. The standard InChI is InChI=1S/C18H28N4O3/c1-19(2)17(23)13-20(3)14-18(24)22-11-9-21(10-12-22)15-7-5-6-8-16(15)25-4/h5-8H,9-14H2,1-4H3. The number of benzene rings is 1. The molecule has 0 aromatic heterocycles. The minimum atomic E-state index is -0.00343. The minimum Gasteiger partial charge on any atom is -0.495 e. The van der Waals surface area contributed by atoms with Crippen molar-refractivity contribution in [1.82, 2.24) is 14.7 Å². The molecule has 0 atom stereocenters. The second-order valence-corrected chi connectivity index (χ2v) is 6.50. The Hall–Kier alpha value is -2.28. The van der Waals surface area contributed by atoms with Crippen LogP contribution < -0.4 is 9.64 Å². The van der Waals surface area contributed by atoms with Crippen LogP contribution in [0.5, 0.6) is 5.75 Å². The van der Waals surface area contributed by atoms with Crippen molar-refractivity contribution in [3.05, 3.63) is 24.3 Å². The Morgan fingerprint density at radius 1 is 1.04 bits per heavy atom. The smallest absolute Gasteiger partial charge is 0.236 e. The zero-order valence-electron chi connectivity index (χ0n) is 15.6. The van der Waals surface area contributed by atoms with Crippen LogP contribution in [-0.4, -0.2) is 94.0 Å². The molecule has 7 nitrogen and oxygen atoms in total. The van der Waals surface area contributed by atoms with E-state index in [-0.39, 0.29) is 24.9 Å². The van der Waals surface area contributed by atoms with Crippen molar-refractivity contribution < 1.29 is 14.3 Å². The number of carbonyl (C=O) groups is 2.